The summed E-state index contributed by atoms with van der Waals surface area (Å²) in [5.41, 5.74) is 4.08. The van der Waals surface area contributed by atoms with Crippen LogP contribution in [-0.2, 0) is 26.0 Å². The second kappa shape index (κ2) is 9.19. The van der Waals surface area contributed by atoms with Gasteiger partial charge in [-0.2, -0.15) is 0 Å². The molecule has 1 saturated heterocycles. The van der Waals surface area contributed by atoms with E-state index in [4.69, 9.17) is 0 Å². The number of nitrogens with one attached hydrogen (secondary N) is 1. The lowest BCUT2D eigenvalue weighted by Crippen LogP contribution is -2.35. The summed E-state index contributed by atoms with van der Waals surface area (Å²) in [6, 6.07) is 21.4. The number of nitrogens with zero attached hydrogens (tertiary/aromatic N) is 2. The Morgan fingerprint density at radius 1 is 1.00 bits per heavy atom. The lowest BCUT2D eigenvalue weighted by Gasteiger charge is -2.30. The smallest absolute Gasteiger partial charge is 0.264 e. The van der Waals surface area contributed by atoms with Gasteiger partial charge in [-0.25, -0.2) is 8.42 Å². The van der Waals surface area contributed by atoms with Crippen LogP contribution in [0.5, 0.6) is 0 Å². The minimum Gasteiger partial charge on any atom is -0.326 e. The zero-order chi connectivity index (χ0) is 24.6. The van der Waals surface area contributed by atoms with Gasteiger partial charge >= 0.3 is 0 Å². The van der Waals surface area contributed by atoms with Crippen molar-refractivity contribution in [2.75, 3.05) is 27.6 Å². The Hall–Kier alpha value is -3.65. The lowest BCUT2D eigenvalue weighted by atomic mass is 10.0. The van der Waals surface area contributed by atoms with E-state index in [9.17, 15) is 18.0 Å². The molecule has 7 nitrogen and oxygen atoms in total. The van der Waals surface area contributed by atoms with E-state index in [2.05, 4.69) is 5.32 Å². The third kappa shape index (κ3) is 4.53. The van der Waals surface area contributed by atoms with Crippen LogP contribution in [0.15, 0.2) is 77.7 Å². The third-order valence-electron chi connectivity index (χ3n) is 6.59. The van der Waals surface area contributed by atoms with Gasteiger partial charge in [0.2, 0.25) is 11.8 Å². The zero-order valence-electron chi connectivity index (χ0n) is 19.5. The molecule has 2 aliphatic heterocycles. The average Bonchev–Trinajstić information content (AvgIpc) is 3.26. The summed E-state index contributed by atoms with van der Waals surface area (Å²) in [5.74, 6) is -0.815. The summed E-state index contributed by atoms with van der Waals surface area (Å²) in [5, 5.41) is 2.84. The van der Waals surface area contributed by atoms with E-state index in [0.717, 1.165) is 35.3 Å². The van der Waals surface area contributed by atoms with Gasteiger partial charge in [-0.3, -0.25) is 13.9 Å². The molecule has 0 aliphatic carbocycles. The highest BCUT2D eigenvalue weighted by Crippen LogP contribution is 2.32. The van der Waals surface area contributed by atoms with Crippen molar-refractivity contribution in [1.29, 1.82) is 0 Å². The van der Waals surface area contributed by atoms with E-state index < -0.39 is 15.9 Å². The number of fused-ring (bicyclic) bond motifs is 1. The van der Waals surface area contributed by atoms with Gasteiger partial charge in [0.25, 0.3) is 10.0 Å². The fourth-order valence-electron chi connectivity index (χ4n) is 4.76. The van der Waals surface area contributed by atoms with Crippen LogP contribution < -0.4 is 14.5 Å². The minimum absolute atomic E-state index is 0.0843. The van der Waals surface area contributed by atoms with E-state index in [0.29, 0.717) is 18.8 Å². The summed E-state index contributed by atoms with van der Waals surface area (Å²) in [6.45, 7) is 2.71. The van der Waals surface area contributed by atoms with Crippen molar-refractivity contribution in [1.82, 2.24) is 0 Å². The number of anilines is 3. The molecule has 0 aromatic heterocycles. The number of amides is 2. The van der Waals surface area contributed by atoms with Crippen molar-refractivity contribution >= 4 is 38.9 Å². The van der Waals surface area contributed by atoms with E-state index in [-0.39, 0.29) is 23.1 Å². The summed E-state index contributed by atoms with van der Waals surface area (Å²) < 4.78 is 28.1. The van der Waals surface area contributed by atoms with Gasteiger partial charge in [-0.1, -0.05) is 30.3 Å². The van der Waals surface area contributed by atoms with Crippen molar-refractivity contribution in [2.24, 2.45) is 5.92 Å². The summed E-state index contributed by atoms with van der Waals surface area (Å²) in [4.78, 5) is 27.2. The van der Waals surface area contributed by atoms with Gasteiger partial charge < -0.3 is 10.2 Å². The van der Waals surface area contributed by atoms with Crippen molar-refractivity contribution in [3.8, 4) is 0 Å². The third-order valence-corrected chi connectivity index (χ3v) is 8.41. The quantitative estimate of drug-likeness (QED) is 0.584. The van der Waals surface area contributed by atoms with E-state index >= 15 is 0 Å². The van der Waals surface area contributed by atoms with Gasteiger partial charge in [-0.05, 0) is 73.4 Å². The number of carbonyl (C=O) groups is 2. The molecule has 0 bridgehead atoms. The molecule has 2 amide bonds. The number of carbonyl (C=O) groups excluding carboxylic acids is 2. The number of aryl methyl sites for hydroxylation is 2. The molecule has 180 valence electrons. The number of rotatable bonds is 5. The van der Waals surface area contributed by atoms with E-state index in [1.54, 1.807) is 17.0 Å². The predicted molar refractivity (Wildman–Crippen MR) is 136 cm³/mol. The molecule has 1 atom stereocenters. The molecule has 0 saturated carbocycles. The second-order valence-electron chi connectivity index (χ2n) is 9.07. The van der Waals surface area contributed by atoms with Crippen molar-refractivity contribution < 1.29 is 18.0 Å². The Kier molecular flexibility index (Phi) is 6.06. The van der Waals surface area contributed by atoms with Gasteiger partial charge in [0.05, 0.1) is 16.5 Å². The van der Waals surface area contributed by atoms with Crippen LogP contribution in [-0.4, -0.2) is 33.3 Å². The standard InChI is InChI=1S/C27H27N3O4S/c1-19-6-4-9-23(16-19)29-18-21(17-26(29)31)27(32)28-22-11-13-24(14-12-22)35(33,34)30-15-5-8-20-7-2-3-10-25(20)30/h2-4,6-7,9-14,16,21H,5,8,15,17-18H2,1H3,(H,28,32). The Morgan fingerprint density at radius 3 is 2.54 bits per heavy atom. The Labute approximate surface area is 205 Å². The van der Waals surface area contributed by atoms with Crippen LogP contribution in [0.4, 0.5) is 17.1 Å². The molecule has 1 unspecified atom stereocenters. The monoisotopic (exact) mass is 489 g/mol. The first-order valence-corrected chi connectivity index (χ1v) is 13.2. The maximum Gasteiger partial charge on any atom is 0.264 e. The Bertz CT molecular complexity index is 1390. The largest absolute Gasteiger partial charge is 0.326 e. The molecule has 3 aromatic rings. The first-order valence-electron chi connectivity index (χ1n) is 11.7. The van der Waals surface area contributed by atoms with Gasteiger partial charge in [0.1, 0.15) is 0 Å². The average molecular weight is 490 g/mol. The highest BCUT2D eigenvalue weighted by Gasteiger charge is 2.35. The molecule has 1 fully saturated rings. The van der Waals surface area contributed by atoms with Crippen molar-refractivity contribution in [2.45, 2.75) is 31.1 Å². The number of hydrogen-bond donors (Lipinski definition) is 1. The van der Waals surface area contributed by atoms with Crippen molar-refractivity contribution in [3.63, 3.8) is 0 Å². The molecular weight excluding hydrogens is 462 g/mol. The number of para-hydroxylation sites is 1. The fourth-order valence-corrected chi connectivity index (χ4v) is 6.30. The molecular formula is C27H27N3O4S. The first kappa shape index (κ1) is 23.1. The number of sulfonamides is 1. The SMILES string of the molecule is Cc1cccc(N2CC(C(=O)Nc3ccc(S(=O)(=O)N4CCCc5ccccc54)cc3)CC2=O)c1. The molecule has 5 rings (SSSR count). The van der Waals surface area contributed by atoms with E-state index in [1.807, 2.05) is 55.5 Å². The van der Waals surface area contributed by atoms with Crippen molar-refractivity contribution in [3.05, 3.63) is 83.9 Å². The zero-order valence-corrected chi connectivity index (χ0v) is 20.3. The maximum absolute atomic E-state index is 13.3. The molecule has 8 heteroatoms. The number of hydrogen-bond acceptors (Lipinski definition) is 4. The van der Waals surface area contributed by atoms with Gasteiger partial charge in [-0.15, -0.1) is 0 Å². The highest BCUT2D eigenvalue weighted by molar-refractivity contribution is 7.92. The van der Waals surface area contributed by atoms with Crippen LogP contribution in [0.2, 0.25) is 0 Å². The van der Waals surface area contributed by atoms with Crippen LogP contribution in [0, 0.1) is 12.8 Å². The van der Waals surface area contributed by atoms with Crippen LogP contribution >= 0.6 is 0 Å². The maximum atomic E-state index is 13.3. The van der Waals surface area contributed by atoms with Gasteiger partial charge in [0.15, 0.2) is 0 Å². The predicted octanol–water partition coefficient (Wildman–Crippen LogP) is 4.13. The normalized spacial score (nSPS) is 17.9. The topological polar surface area (TPSA) is 86.8 Å². The molecule has 1 N–H and O–H groups in total. The summed E-state index contributed by atoms with van der Waals surface area (Å²) in [7, 11) is -3.72. The molecule has 35 heavy (non-hydrogen) atoms. The summed E-state index contributed by atoms with van der Waals surface area (Å²) >= 11 is 0. The molecule has 3 aromatic carbocycles. The van der Waals surface area contributed by atoms with Gasteiger partial charge in [0, 0.05) is 30.9 Å². The molecule has 0 radical (unpaired) electrons. The molecule has 2 aliphatic rings. The molecule has 2 heterocycles. The highest BCUT2D eigenvalue weighted by atomic mass is 32.2. The lowest BCUT2D eigenvalue weighted by molar-refractivity contribution is -0.122. The van der Waals surface area contributed by atoms with Crippen LogP contribution in [0.3, 0.4) is 0 Å². The summed E-state index contributed by atoms with van der Waals surface area (Å²) in [6.07, 6.45) is 1.77. The fraction of sp³-hybridized carbons (Fsp3) is 0.259. The Morgan fingerprint density at radius 2 is 1.77 bits per heavy atom. The van der Waals surface area contributed by atoms with Crippen LogP contribution in [0.1, 0.15) is 24.0 Å². The van der Waals surface area contributed by atoms with Crippen LogP contribution in [0.25, 0.3) is 0 Å². The molecule has 0 spiro atoms. The van der Waals surface area contributed by atoms with E-state index in [1.165, 1.54) is 16.4 Å². The number of benzene rings is 3. The Balaban J connectivity index is 1.28. The minimum atomic E-state index is -3.72. The second-order valence-corrected chi connectivity index (χ2v) is 10.9. The first-order chi connectivity index (χ1) is 16.8.